The van der Waals surface area contributed by atoms with Crippen LogP contribution in [-0.2, 0) is 23.2 Å². The van der Waals surface area contributed by atoms with Crippen molar-refractivity contribution in [3.05, 3.63) is 32.6 Å². The molecule has 0 aromatic carbocycles. The standard InChI is InChI=1S/C11H19N3O3.C2H2O4/c1-9-8-10(16)13(2)11(17)14(9)6-3-4-12-5-7-15;3-1(4)2(5)6/h8,12,15H,3-7H2,1-2H3;(H,3,4)(H,5,6). The number of aliphatic hydroxyl groups excluding tert-OH is 1. The molecule has 0 aliphatic carbocycles. The highest BCUT2D eigenvalue weighted by molar-refractivity contribution is 6.27. The molecule has 0 amide bonds. The summed E-state index contributed by atoms with van der Waals surface area (Å²) in [6.07, 6.45) is 0.777. The maximum atomic E-state index is 11.8. The molecular formula is C13H21N3O7. The molecule has 10 heteroatoms. The van der Waals surface area contributed by atoms with E-state index in [2.05, 4.69) is 5.32 Å². The minimum atomic E-state index is -1.82. The zero-order chi connectivity index (χ0) is 18.0. The number of aryl methyl sites for hydroxylation is 1. The molecule has 0 spiro atoms. The molecule has 23 heavy (non-hydrogen) atoms. The Morgan fingerprint density at radius 2 is 1.74 bits per heavy atom. The first-order valence-electron chi connectivity index (χ1n) is 6.77. The molecule has 0 radical (unpaired) electrons. The summed E-state index contributed by atoms with van der Waals surface area (Å²) >= 11 is 0. The lowest BCUT2D eigenvalue weighted by Crippen LogP contribution is -2.39. The fourth-order valence-corrected chi connectivity index (χ4v) is 1.62. The highest BCUT2D eigenvalue weighted by Gasteiger charge is 2.05. The molecule has 1 aromatic rings. The van der Waals surface area contributed by atoms with E-state index >= 15 is 0 Å². The van der Waals surface area contributed by atoms with Crippen LogP contribution in [0.15, 0.2) is 15.7 Å². The second kappa shape index (κ2) is 10.3. The van der Waals surface area contributed by atoms with E-state index in [0.29, 0.717) is 18.8 Å². The Morgan fingerprint density at radius 1 is 1.17 bits per heavy atom. The number of hydrogen-bond acceptors (Lipinski definition) is 6. The number of aliphatic carboxylic acids is 2. The Bertz CT molecular complexity index is 636. The van der Waals surface area contributed by atoms with Gasteiger partial charge in [0.05, 0.1) is 6.61 Å². The van der Waals surface area contributed by atoms with Gasteiger partial charge in [-0.05, 0) is 19.9 Å². The van der Waals surface area contributed by atoms with Gasteiger partial charge in [0.2, 0.25) is 0 Å². The van der Waals surface area contributed by atoms with Crippen molar-refractivity contribution in [3.63, 3.8) is 0 Å². The number of aliphatic hydroxyl groups is 1. The summed E-state index contributed by atoms with van der Waals surface area (Å²) in [5.74, 6) is -3.65. The van der Waals surface area contributed by atoms with Crippen molar-refractivity contribution < 1.29 is 24.9 Å². The predicted molar refractivity (Wildman–Crippen MR) is 80.5 cm³/mol. The second-order valence-electron chi connectivity index (χ2n) is 4.55. The van der Waals surface area contributed by atoms with Crippen LogP contribution >= 0.6 is 0 Å². The van der Waals surface area contributed by atoms with Gasteiger partial charge in [0.1, 0.15) is 0 Å². The number of carbonyl (C=O) groups is 2. The molecule has 0 atom stereocenters. The van der Waals surface area contributed by atoms with E-state index in [4.69, 9.17) is 24.9 Å². The lowest BCUT2D eigenvalue weighted by molar-refractivity contribution is -0.159. The molecule has 0 saturated carbocycles. The van der Waals surface area contributed by atoms with E-state index in [1.54, 1.807) is 11.5 Å². The predicted octanol–water partition coefficient (Wildman–Crippen LogP) is -2.02. The summed E-state index contributed by atoms with van der Waals surface area (Å²) in [5.41, 5.74) is 0.125. The zero-order valence-corrected chi connectivity index (χ0v) is 13.0. The monoisotopic (exact) mass is 331 g/mol. The normalized spacial score (nSPS) is 9.87. The van der Waals surface area contributed by atoms with Gasteiger partial charge in [-0.3, -0.25) is 13.9 Å². The molecule has 0 saturated heterocycles. The van der Waals surface area contributed by atoms with Crippen molar-refractivity contribution in [2.24, 2.45) is 7.05 Å². The van der Waals surface area contributed by atoms with Crippen LogP contribution in [0.2, 0.25) is 0 Å². The molecule has 0 aliphatic heterocycles. The van der Waals surface area contributed by atoms with Gasteiger partial charge in [0, 0.05) is 31.9 Å². The first-order chi connectivity index (χ1) is 10.7. The van der Waals surface area contributed by atoms with Crippen LogP contribution < -0.4 is 16.6 Å². The number of carboxylic acid groups (broad SMARTS) is 2. The zero-order valence-electron chi connectivity index (χ0n) is 13.0. The van der Waals surface area contributed by atoms with E-state index < -0.39 is 11.9 Å². The molecule has 4 N–H and O–H groups in total. The first kappa shape index (κ1) is 20.5. The fraction of sp³-hybridized carbons (Fsp3) is 0.538. The van der Waals surface area contributed by atoms with Crippen LogP contribution in [0, 0.1) is 6.92 Å². The quantitative estimate of drug-likeness (QED) is 0.344. The Hall–Kier alpha value is -2.46. The van der Waals surface area contributed by atoms with Crippen molar-refractivity contribution in [1.82, 2.24) is 14.5 Å². The molecule has 1 rings (SSSR count). The van der Waals surface area contributed by atoms with Crippen LogP contribution in [0.1, 0.15) is 12.1 Å². The van der Waals surface area contributed by atoms with Crippen molar-refractivity contribution in [2.75, 3.05) is 19.7 Å². The minimum Gasteiger partial charge on any atom is -0.473 e. The molecule has 0 bridgehead atoms. The Morgan fingerprint density at radius 3 is 2.22 bits per heavy atom. The first-order valence-corrected chi connectivity index (χ1v) is 6.77. The Balaban J connectivity index is 0.000000688. The van der Waals surface area contributed by atoms with Gasteiger partial charge in [-0.1, -0.05) is 0 Å². The number of rotatable bonds is 6. The van der Waals surface area contributed by atoms with Crippen LogP contribution in [-0.4, -0.2) is 56.1 Å². The molecule has 0 aliphatic rings. The van der Waals surface area contributed by atoms with Crippen LogP contribution in [0.4, 0.5) is 0 Å². The van der Waals surface area contributed by atoms with Gasteiger partial charge in [-0.25, -0.2) is 14.4 Å². The average molecular weight is 331 g/mol. The van der Waals surface area contributed by atoms with Gasteiger partial charge in [0.25, 0.3) is 5.56 Å². The number of nitrogens with zero attached hydrogens (tertiary/aromatic N) is 2. The third kappa shape index (κ3) is 7.38. The third-order valence-electron chi connectivity index (χ3n) is 2.81. The van der Waals surface area contributed by atoms with Gasteiger partial charge in [0.15, 0.2) is 0 Å². The smallest absolute Gasteiger partial charge is 0.414 e. The fourth-order valence-electron chi connectivity index (χ4n) is 1.62. The minimum absolute atomic E-state index is 0.110. The molecule has 1 heterocycles. The number of hydrogen-bond donors (Lipinski definition) is 4. The SMILES string of the molecule is Cc1cc(=O)n(C)c(=O)n1CCCNCCO.O=C(O)C(=O)O. The number of carboxylic acids is 2. The largest absolute Gasteiger partial charge is 0.473 e. The van der Waals surface area contributed by atoms with Crippen molar-refractivity contribution >= 4 is 11.9 Å². The highest BCUT2D eigenvalue weighted by Crippen LogP contribution is 1.92. The maximum Gasteiger partial charge on any atom is 0.414 e. The molecule has 0 fully saturated rings. The summed E-state index contributed by atoms with van der Waals surface area (Å²) in [7, 11) is 1.48. The van der Waals surface area contributed by atoms with E-state index in [1.165, 1.54) is 13.1 Å². The second-order valence-corrected chi connectivity index (χ2v) is 4.55. The van der Waals surface area contributed by atoms with E-state index in [-0.39, 0.29) is 17.9 Å². The summed E-state index contributed by atoms with van der Waals surface area (Å²) in [6.45, 7) is 3.72. The lowest BCUT2D eigenvalue weighted by atomic mass is 10.3. The van der Waals surface area contributed by atoms with Gasteiger partial charge in [-0.2, -0.15) is 0 Å². The summed E-state index contributed by atoms with van der Waals surface area (Å²) < 4.78 is 2.69. The van der Waals surface area contributed by atoms with Crippen LogP contribution in [0.25, 0.3) is 0 Å². The summed E-state index contributed by atoms with van der Waals surface area (Å²) in [5, 5.41) is 26.4. The van der Waals surface area contributed by atoms with Crippen LogP contribution in [0.5, 0.6) is 0 Å². The molecule has 10 nitrogen and oxygen atoms in total. The van der Waals surface area contributed by atoms with Gasteiger partial charge < -0.3 is 20.6 Å². The summed E-state index contributed by atoms with van der Waals surface area (Å²) in [4.78, 5) is 41.3. The molecule has 1 aromatic heterocycles. The average Bonchev–Trinajstić information content (AvgIpc) is 2.48. The van der Waals surface area contributed by atoms with Crippen molar-refractivity contribution in [1.29, 1.82) is 0 Å². The third-order valence-corrected chi connectivity index (χ3v) is 2.81. The van der Waals surface area contributed by atoms with E-state index in [9.17, 15) is 9.59 Å². The van der Waals surface area contributed by atoms with Crippen LogP contribution in [0.3, 0.4) is 0 Å². The van der Waals surface area contributed by atoms with E-state index in [0.717, 1.165) is 17.5 Å². The maximum absolute atomic E-state index is 11.8. The van der Waals surface area contributed by atoms with Crippen molar-refractivity contribution in [2.45, 2.75) is 19.9 Å². The summed E-state index contributed by atoms with van der Waals surface area (Å²) in [6, 6.07) is 1.46. The Kier molecular flexibility index (Phi) is 9.20. The Labute approximate surface area is 131 Å². The van der Waals surface area contributed by atoms with Gasteiger partial charge >= 0.3 is 17.6 Å². The highest BCUT2D eigenvalue weighted by atomic mass is 16.4. The molecular weight excluding hydrogens is 310 g/mol. The lowest BCUT2D eigenvalue weighted by Gasteiger charge is -2.11. The molecule has 130 valence electrons. The topological polar surface area (TPSA) is 151 Å². The van der Waals surface area contributed by atoms with Crippen molar-refractivity contribution in [3.8, 4) is 0 Å². The number of nitrogens with one attached hydrogen (secondary N) is 1. The number of aromatic nitrogens is 2. The van der Waals surface area contributed by atoms with E-state index in [1.807, 2.05) is 0 Å². The molecule has 0 unspecified atom stereocenters. The van der Waals surface area contributed by atoms with Gasteiger partial charge in [-0.15, -0.1) is 0 Å².